The summed E-state index contributed by atoms with van der Waals surface area (Å²) in [4.78, 5) is 26.0. The molecule has 0 aliphatic carbocycles. The number of rotatable bonds is 5. The summed E-state index contributed by atoms with van der Waals surface area (Å²) in [5.41, 5.74) is 1.54. The first-order valence-corrected chi connectivity index (χ1v) is 9.15. The van der Waals surface area contributed by atoms with E-state index in [1.54, 1.807) is 22.9 Å². The van der Waals surface area contributed by atoms with Crippen LogP contribution in [0.4, 0.5) is 0 Å². The zero-order valence-corrected chi connectivity index (χ0v) is 16.1. The number of benzene rings is 1. The van der Waals surface area contributed by atoms with Crippen molar-refractivity contribution in [1.82, 2.24) is 15.1 Å². The van der Waals surface area contributed by atoms with Gasteiger partial charge in [0.15, 0.2) is 0 Å². The Morgan fingerprint density at radius 2 is 2.12 bits per heavy atom. The highest BCUT2D eigenvalue weighted by Crippen LogP contribution is 2.30. The smallest absolute Gasteiger partial charge is 0.307 e. The lowest BCUT2D eigenvalue weighted by atomic mass is 10.0. The number of fused-ring (bicyclic) bond motifs is 1. The number of nitrogens with one attached hydrogen (secondary N) is 1. The number of carbonyl (C=O) groups is 2. The average Bonchev–Trinajstić information content (AvgIpc) is 3.16. The Kier molecular flexibility index (Phi) is 5.29. The number of esters is 1. The lowest BCUT2D eigenvalue weighted by Gasteiger charge is -2.19. The van der Waals surface area contributed by atoms with Gasteiger partial charge in [0.2, 0.25) is 0 Å². The van der Waals surface area contributed by atoms with E-state index in [9.17, 15) is 9.59 Å². The van der Waals surface area contributed by atoms with E-state index < -0.39 is 12.0 Å². The van der Waals surface area contributed by atoms with E-state index in [-0.39, 0.29) is 12.3 Å². The summed E-state index contributed by atoms with van der Waals surface area (Å²) in [6.07, 6.45) is -0.00253. The van der Waals surface area contributed by atoms with Crippen LogP contribution in [0.3, 0.4) is 0 Å². The molecule has 3 rings (SSSR count). The molecule has 6 nitrogen and oxygen atoms in total. The molecular formula is C18H18ClN3O3S. The number of halogens is 1. The molecule has 0 fully saturated rings. The summed E-state index contributed by atoms with van der Waals surface area (Å²) in [6, 6.07) is 8.36. The van der Waals surface area contributed by atoms with Crippen molar-refractivity contribution in [2.45, 2.75) is 19.4 Å². The van der Waals surface area contributed by atoms with E-state index in [4.69, 9.17) is 16.3 Å². The van der Waals surface area contributed by atoms with E-state index in [1.165, 1.54) is 18.4 Å². The zero-order chi connectivity index (χ0) is 18.8. The van der Waals surface area contributed by atoms with Crippen LogP contribution in [0.2, 0.25) is 5.02 Å². The van der Waals surface area contributed by atoms with Gasteiger partial charge in [-0.15, -0.1) is 11.3 Å². The maximum atomic E-state index is 12.8. The predicted molar refractivity (Wildman–Crippen MR) is 102 cm³/mol. The van der Waals surface area contributed by atoms with Crippen molar-refractivity contribution < 1.29 is 14.3 Å². The minimum atomic E-state index is -0.576. The van der Waals surface area contributed by atoms with Crippen LogP contribution >= 0.6 is 22.9 Å². The predicted octanol–water partition coefficient (Wildman–Crippen LogP) is 3.63. The van der Waals surface area contributed by atoms with Crippen molar-refractivity contribution in [2.24, 2.45) is 7.05 Å². The highest BCUT2D eigenvalue weighted by atomic mass is 35.5. The number of hydrogen-bond acceptors (Lipinski definition) is 5. The molecule has 1 aromatic carbocycles. The molecule has 0 spiro atoms. The largest absolute Gasteiger partial charge is 0.469 e. The van der Waals surface area contributed by atoms with E-state index in [0.717, 1.165) is 15.9 Å². The van der Waals surface area contributed by atoms with Crippen LogP contribution in [0.5, 0.6) is 0 Å². The SMILES string of the molecule is COC(=O)CC(NC(=O)c1cc2c(C)nn(C)c2s1)c1ccccc1Cl. The van der Waals surface area contributed by atoms with Crippen LogP contribution in [-0.2, 0) is 16.6 Å². The van der Waals surface area contributed by atoms with Gasteiger partial charge < -0.3 is 10.1 Å². The number of nitrogens with zero attached hydrogens (tertiary/aromatic N) is 2. The van der Waals surface area contributed by atoms with Crippen molar-refractivity contribution >= 4 is 45.0 Å². The Bertz CT molecular complexity index is 945. The molecular weight excluding hydrogens is 374 g/mol. The monoisotopic (exact) mass is 391 g/mol. The molecule has 1 atom stereocenters. The minimum Gasteiger partial charge on any atom is -0.469 e. The first-order valence-electron chi connectivity index (χ1n) is 7.96. The van der Waals surface area contributed by atoms with Gasteiger partial charge in [-0.3, -0.25) is 14.3 Å². The van der Waals surface area contributed by atoms with Crippen molar-refractivity contribution in [1.29, 1.82) is 0 Å². The third-order valence-corrected chi connectivity index (χ3v) is 5.65. The van der Waals surface area contributed by atoms with Gasteiger partial charge in [-0.25, -0.2) is 0 Å². The molecule has 1 N–H and O–H groups in total. The second-order valence-corrected chi connectivity index (χ2v) is 7.30. The number of carbonyl (C=O) groups excluding carboxylic acids is 2. The molecule has 8 heteroatoms. The number of amides is 1. The molecule has 26 heavy (non-hydrogen) atoms. The normalized spacial score (nSPS) is 12.2. The van der Waals surface area contributed by atoms with E-state index in [0.29, 0.717) is 15.5 Å². The lowest BCUT2D eigenvalue weighted by Crippen LogP contribution is -2.30. The first kappa shape index (κ1) is 18.4. The molecule has 1 amide bonds. The van der Waals surface area contributed by atoms with Crippen LogP contribution in [0, 0.1) is 6.92 Å². The molecule has 0 saturated heterocycles. The van der Waals surface area contributed by atoms with Gasteiger partial charge in [-0.05, 0) is 24.6 Å². The van der Waals surface area contributed by atoms with Gasteiger partial charge in [-0.2, -0.15) is 5.10 Å². The fourth-order valence-corrected chi connectivity index (χ4v) is 4.09. The number of thiophene rings is 1. The van der Waals surface area contributed by atoms with Gasteiger partial charge >= 0.3 is 5.97 Å². The molecule has 0 saturated carbocycles. The van der Waals surface area contributed by atoms with Crippen LogP contribution in [0.25, 0.3) is 10.2 Å². The van der Waals surface area contributed by atoms with Crippen LogP contribution in [0.1, 0.15) is 33.4 Å². The van der Waals surface area contributed by atoms with Gasteiger partial charge in [0.25, 0.3) is 5.91 Å². The third kappa shape index (κ3) is 3.59. The summed E-state index contributed by atoms with van der Waals surface area (Å²) in [5.74, 6) is -0.689. The zero-order valence-electron chi connectivity index (χ0n) is 14.6. The quantitative estimate of drug-likeness (QED) is 0.674. The summed E-state index contributed by atoms with van der Waals surface area (Å²) < 4.78 is 6.51. The van der Waals surface area contributed by atoms with Crippen LogP contribution in [-0.4, -0.2) is 28.8 Å². The number of hydrogen-bond donors (Lipinski definition) is 1. The topological polar surface area (TPSA) is 73.2 Å². The van der Waals surface area contributed by atoms with Gasteiger partial charge in [-0.1, -0.05) is 29.8 Å². The van der Waals surface area contributed by atoms with Gasteiger partial charge in [0.05, 0.1) is 30.1 Å². The molecule has 0 bridgehead atoms. The fourth-order valence-electron chi connectivity index (χ4n) is 2.79. The van der Waals surface area contributed by atoms with Crippen molar-refractivity contribution in [3.05, 3.63) is 51.5 Å². The molecule has 0 radical (unpaired) electrons. The molecule has 1 unspecified atom stereocenters. The van der Waals surface area contributed by atoms with Crippen LogP contribution < -0.4 is 5.32 Å². The molecule has 3 aromatic rings. The second-order valence-electron chi connectivity index (χ2n) is 5.87. The molecule has 2 aromatic heterocycles. The number of aromatic nitrogens is 2. The summed E-state index contributed by atoms with van der Waals surface area (Å²) in [6.45, 7) is 1.90. The second kappa shape index (κ2) is 7.47. The van der Waals surface area contributed by atoms with Crippen LogP contribution in [0.15, 0.2) is 30.3 Å². The Labute approximate surface area is 159 Å². The lowest BCUT2D eigenvalue weighted by molar-refractivity contribution is -0.141. The third-order valence-electron chi connectivity index (χ3n) is 4.10. The Morgan fingerprint density at radius 1 is 1.38 bits per heavy atom. The highest BCUT2D eigenvalue weighted by molar-refractivity contribution is 7.20. The molecule has 136 valence electrons. The molecule has 0 aliphatic rings. The highest BCUT2D eigenvalue weighted by Gasteiger charge is 2.23. The summed E-state index contributed by atoms with van der Waals surface area (Å²) in [5, 5.41) is 8.67. The maximum absolute atomic E-state index is 12.8. The summed E-state index contributed by atoms with van der Waals surface area (Å²) >= 11 is 7.61. The van der Waals surface area contributed by atoms with E-state index in [1.807, 2.05) is 26.1 Å². The van der Waals surface area contributed by atoms with E-state index >= 15 is 0 Å². The maximum Gasteiger partial charge on any atom is 0.307 e. The van der Waals surface area contributed by atoms with E-state index in [2.05, 4.69) is 10.4 Å². The molecule has 2 heterocycles. The standard InChI is InChI=1S/C18H18ClN3O3S/c1-10-12-8-15(26-18(12)22(2)21-10)17(24)20-14(9-16(23)25-3)11-6-4-5-7-13(11)19/h4-8,14H,9H2,1-3H3,(H,20,24). The number of aryl methyl sites for hydroxylation is 2. The van der Waals surface area contributed by atoms with Crippen molar-refractivity contribution in [3.8, 4) is 0 Å². The Morgan fingerprint density at radius 3 is 2.77 bits per heavy atom. The Balaban J connectivity index is 1.89. The Hall–Kier alpha value is -2.38. The summed E-state index contributed by atoms with van der Waals surface area (Å²) in [7, 11) is 3.16. The number of ether oxygens (including phenoxy) is 1. The molecule has 0 aliphatic heterocycles. The van der Waals surface area contributed by atoms with Crippen molar-refractivity contribution in [3.63, 3.8) is 0 Å². The average molecular weight is 392 g/mol. The minimum absolute atomic E-state index is 0.00253. The van der Waals surface area contributed by atoms with Gasteiger partial charge in [0.1, 0.15) is 4.83 Å². The first-order chi connectivity index (χ1) is 12.4. The fraction of sp³-hybridized carbons (Fsp3) is 0.278. The number of methoxy groups -OCH3 is 1. The van der Waals surface area contributed by atoms with Gasteiger partial charge in [0, 0.05) is 17.5 Å². The van der Waals surface area contributed by atoms with Crippen molar-refractivity contribution in [2.75, 3.05) is 7.11 Å².